The molecule has 35 heavy (non-hydrogen) atoms. The van der Waals surface area contributed by atoms with E-state index in [0.717, 1.165) is 11.1 Å². The Balaban J connectivity index is 1.50. The monoisotopic (exact) mass is 478 g/mol. The number of hydrogen-bond donors (Lipinski definition) is 2. The minimum atomic E-state index is -1.17. The van der Waals surface area contributed by atoms with E-state index in [1.807, 2.05) is 80.3 Å². The topological polar surface area (TPSA) is 95.9 Å². The molecule has 2 amide bonds. The number of carboxylic acid groups (broad SMARTS) is 1. The number of alkyl carbamates (subject to hydrolysis) is 1. The van der Waals surface area contributed by atoms with Crippen molar-refractivity contribution >= 4 is 18.0 Å². The molecule has 7 heteroatoms. The summed E-state index contributed by atoms with van der Waals surface area (Å²) in [6.45, 7) is 6.56. The maximum Gasteiger partial charge on any atom is 0.407 e. The van der Waals surface area contributed by atoms with Gasteiger partial charge in [-0.05, 0) is 63.1 Å². The molecule has 1 heterocycles. The summed E-state index contributed by atoms with van der Waals surface area (Å²) in [5.41, 5.74) is 0.507. The highest BCUT2D eigenvalue weighted by Crippen LogP contribution is 2.47. The molecule has 0 spiro atoms. The minimum Gasteiger partial charge on any atom is -0.480 e. The van der Waals surface area contributed by atoms with E-state index in [2.05, 4.69) is 5.32 Å². The number of carbonyl (C=O) groups is 3. The van der Waals surface area contributed by atoms with Crippen molar-refractivity contribution in [2.75, 3.05) is 13.1 Å². The number of aliphatic carboxylic acids is 1. The predicted octanol–water partition coefficient (Wildman–Crippen LogP) is 4.45. The van der Waals surface area contributed by atoms with Gasteiger partial charge in [-0.3, -0.25) is 9.59 Å². The number of carbonyl (C=O) groups excluding carboxylic acids is 2. The second kappa shape index (κ2) is 9.72. The molecule has 2 atom stereocenters. The van der Waals surface area contributed by atoms with Gasteiger partial charge < -0.3 is 20.1 Å². The second-order valence-corrected chi connectivity index (χ2v) is 10.5. The van der Waals surface area contributed by atoms with E-state index in [4.69, 9.17) is 4.74 Å². The number of ether oxygens (including phenoxy) is 1. The maximum atomic E-state index is 13.6. The third-order valence-corrected chi connectivity index (χ3v) is 7.06. The zero-order chi connectivity index (χ0) is 25.2. The Labute approximate surface area is 206 Å². The van der Waals surface area contributed by atoms with Crippen LogP contribution in [0.5, 0.6) is 0 Å². The van der Waals surface area contributed by atoms with Gasteiger partial charge in [0.05, 0.1) is 5.92 Å². The van der Waals surface area contributed by atoms with Gasteiger partial charge in [-0.15, -0.1) is 0 Å². The lowest BCUT2D eigenvalue weighted by Gasteiger charge is -2.41. The third kappa shape index (κ3) is 5.04. The molecule has 0 saturated carbocycles. The fourth-order valence-corrected chi connectivity index (χ4v) is 5.40. The molecular weight excluding hydrogens is 444 g/mol. The zero-order valence-electron chi connectivity index (χ0n) is 20.6. The fourth-order valence-electron chi connectivity index (χ4n) is 5.40. The maximum absolute atomic E-state index is 13.6. The van der Waals surface area contributed by atoms with Crippen molar-refractivity contribution in [1.29, 1.82) is 0 Å². The first-order valence-corrected chi connectivity index (χ1v) is 12.3. The molecule has 7 nitrogen and oxygen atoms in total. The van der Waals surface area contributed by atoms with Crippen LogP contribution in [0.1, 0.15) is 69.1 Å². The number of carboxylic acids is 1. The molecule has 0 radical (unpaired) electrons. The highest BCUT2D eigenvalue weighted by atomic mass is 16.6. The molecule has 2 aliphatic rings. The molecule has 2 aromatic carbocycles. The number of piperidine rings is 1. The molecule has 4 rings (SSSR count). The van der Waals surface area contributed by atoms with Crippen molar-refractivity contribution in [2.24, 2.45) is 0 Å². The van der Waals surface area contributed by atoms with Crippen molar-refractivity contribution in [1.82, 2.24) is 10.2 Å². The van der Waals surface area contributed by atoms with Crippen LogP contribution in [-0.2, 0) is 19.7 Å². The number of benzene rings is 2. The summed E-state index contributed by atoms with van der Waals surface area (Å²) in [4.78, 5) is 40.3. The number of nitrogens with one attached hydrogen (secondary N) is 1. The number of likely N-dealkylation sites (tertiary alicyclic amines) is 1. The smallest absolute Gasteiger partial charge is 0.407 e. The summed E-state index contributed by atoms with van der Waals surface area (Å²) in [6, 6.07) is 16.7. The summed E-state index contributed by atoms with van der Waals surface area (Å²) >= 11 is 0. The van der Waals surface area contributed by atoms with Crippen molar-refractivity contribution in [3.05, 3.63) is 71.3 Å². The van der Waals surface area contributed by atoms with E-state index in [9.17, 15) is 19.5 Å². The lowest BCUT2D eigenvalue weighted by molar-refractivity contribution is -0.144. The Morgan fingerprint density at radius 1 is 0.971 bits per heavy atom. The van der Waals surface area contributed by atoms with Crippen LogP contribution in [0.25, 0.3) is 0 Å². The van der Waals surface area contributed by atoms with E-state index < -0.39 is 23.1 Å². The Bertz CT molecular complexity index is 1090. The van der Waals surface area contributed by atoms with Crippen molar-refractivity contribution in [3.63, 3.8) is 0 Å². The summed E-state index contributed by atoms with van der Waals surface area (Å²) in [7, 11) is 0. The Morgan fingerprint density at radius 2 is 1.60 bits per heavy atom. The predicted molar refractivity (Wildman–Crippen MR) is 132 cm³/mol. The van der Waals surface area contributed by atoms with Gasteiger partial charge in [-0.25, -0.2) is 4.79 Å². The van der Waals surface area contributed by atoms with E-state index in [1.165, 1.54) is 0 Å². The lowest BCUT2D eigenvalue weighted by atomic mass is 9.63. The van der Waals surface area contributed by atoms with Crippen molar-refractivity contribution in [2.45, 2.75) is 69.4 Å². The molecule has 1 aliphatic carbocycles. The van der Waals surface area contributed by atoms with Crippen molar-refractivity contribution < 1.29 is 24.2 Å². The molecule has 0 aromatic heterocycles. The second-order valence-electron chi connectivity index (χ2n) is 10.5. The SMILES string of the molecule is CC(C)(C)OC(=O)NC1CCN(C(=O)[C@@H]2CCC(C(=O)O)(c3ccccc3)c3ccccc32)CC1. The number of rotatable bonds is 4. The molecule has 1 saturated heterocycles. The largest absolute Gasteiger partial charge is 0.480 e. The Hall–Kier alpha value is -3.35. The van der Waals surface area contributed by atoms with Crippen LogP contribution >= 0.6 is 0 Å². The van der Waals surface area contributed by atoms with Crippen LogP contribution in [0.15, 0.2) is 54.6 Å². The van der Waals surface area contributed by atoms with E-state index >= 15 is 0 Å². The van der Waals surface area contributed by atoms with Gasteiger partial charge in [-0.1, -0.05) is 54.6 Å². The highest BCUT2D eigenvalue weighted by Gasteiger charge is 2.49. The molecule has 1 aliphatic heterocycles. The first-order valence-electron chi connectivity index (χ1n) is 12.3. The number of hydrogen-bond acceptors (Lipinski definition) is 4. The molecule has 2 N–H and O–H groups in total. The Kier molecular flexibility index (Phi) is 6.88. The number of nitrogens with zero attached hydrogens (tertiary/aromatic N) is 1. The summed E-state index contributed by atoms with van der Waals surface area (Å²) in [6.07, 6.45) is 1.70. The number of fused-ring (bicyclic) bond motifs is 1. The molecular formula is C28H34N2O5. The third-order valence-electron chi connectivity index (χ3n) is 7.06. The van der Waals surface area contributed by atoms with Crippen molar-refractivity contribution in [3.8, 4) is 0 Å². The standard InChI is InChI=1S/C28H34N2O5/c1-27(2,3)35-26(34)29-20-14-17-30(18-15-20)24(31)22-13-16-28(25(32)33,19-9-5-4-6-10-19)23-12-8-7-11-21(22)23/h4-12,20,22H,13-18H2,1-3H3,(H,29,34)(H,32,33)/t22-,28?/m1/s1. The van der Waals surface area contributed by atoms with Gasteiger partial charge >= 0.3 is 12.1 Å². The van der Waals surface area contributed by atoms with Gasteiger partial charge in [0, 0.05) is 19.1 Å². The fraction of sp³-hybridized carbons (Fsp3) is 0.464. The van der Waals surface area contributed by atoms with Gasteiger partial charge in [0.25, 0.3) is 0 Å². The first-order chi connectivity index (χ1) is 16.6. The molecule has 1 fully saturated rings. The normalized spacial score (nSPS) is 22.7. The van der Waals surface area contributed by atoms with E-state index in [0.29, 0.717) is 44.3 Å². The van der Waals surface area contributed by atoms with Gasteiger partial charge in [-0.2, -0.15) is 0 Å². The quantitative estimate of drug-likeness (QED) is 0.677. The van der Waals surface area contributed by atoms with Gasteiger partial charge in [0.2, 0.25) is 5.91 Å². The van der Waals surface area contributed by atoms with Crippen LogP contribution in [0.2, 0.25) is 0 Å². The average molecular weight is 479 g/mol. The molecule has 2 aromatic rings. The highest BCUT2D eigenvalue weighted by molar-refractivity contribution is 5.91. The average Bonchev–Trinajstić information content (AvgIpc) is 2.82. The zero-order valence-corrected chi connectivity index (χ0v) is 20.6. The molecule has 0 bridgehead atoms. The van der Waals surface area contributed by atoms with Gasteiger partial charge in [0.15, 0.2) is 0 Å². The van der Waals surface area contributed by atoms with Crippen LogP contribution in [0, 0.1) is 0 Å². The van der Waals surface area contributed by atoms with Gasteiger partial charge in [0.1, 0.15) is 11.0 Å². The summed E-state index contributed by atoms with van der Waals surface area (Å²) in [5, 5.41) is 13.3. The first kappa shape index (κ1) is 24.8. The van der Waals surface area contributed by atoms with E-state index in [-0.39, 0.29) is 17.9 Å². The van der Waals surface area contributed by atoms with E-state index in [1.54, 1.807) is 0 Å². The number of amides is 2. The Morgan fingerprint density at radius 3 is 2.23 bits per heavy atom. The van der Waals surface area contributed by atoms with Crippen LogP contribution in [0.3, 0.4) is 0 Å². The summed E-state index contributed by atoms with van der Waals surface area (Å²) < 4.78 is 5.35. The minimum absolute atomic E-state index is 0.0280. The van der Waals surface area contributed by atoms with Crippen LogP contribution in [-0.4, -0.2) is 52.7 Å². The molecule has 1 unspecified atom stereocenters. The molecule has 186 valence electrons. The summed E-state index contributed by atoms with van der Waals surface area (Å²) in [5.74, 6) is -1.24. The van der Waals surface area contributed by atoms with Crippen LogP contribution < -0.4 is 5.32 Å². The van der Waals surface area contributed by atoms with Crippen LogP contribution in [0.4, 0.5) is 4.79 Å². The lowest BCUT2D eigenvalue weighted by Crippen LogP contribution is -2.49.